The zero-order chi connectivity index (χ0) is 11.4. The molecule has 0 aliphatic rings. The first kappa shape index (κ1) is 10.7. The lowest BCUT2D eigenvalue weighted by Gasteiger charge is -1.97. The summed E-state index contributed by atoms with van der Waals surface area (Å²) in [5, 5.41) is 10.2. The Bertz CT molecular complexity index is 506. The van der Waals surface area contributed by atoms with E-state index in [4.69, 9.17) is 11.6 Å². The maximum atomic E-state index is 9.50. The van der Waals surface area contributed by atoms with E-state index in [-0.39, 0.29) is 5.75 Å². The zero-order valence-electron chi connectivity index (χ0n) is 8.47. The van der Waals surface area contributed by atoms with Gasteiger partial charge in [-0.1, -0.05) is 35.9 Å². The average molecular weight is 232 g/mol. The van der Waals surface area contributed by atoms with E-state index < -0.39 is 0 Å². The Kier molecular flexibility index (Phi) is 3.22. The summed E-state index contributed by atoms with van der Waals surface area (Å²) in [6.07, 6.45) is 1.69. The molecular formula is C13H10ClNO. The number of aromatic hydroxyl groups is 1. The van der Waals surface area contributed by atoms with Crippen LogP contribution < -0.4 is 0 Å². The van der Waals surface area contributed by atoms with Crippen LogP contribution in [0.25, 0.3) is 0 Å². The fourth-order valence-corrected chi connectivity index (χ4v) is 1.39. The lowest BCUT2D eigenvalue weighted by molar-refractivity contribution is 0.477. The molecule has 0 amide bonds. The van der Waals surface area contributed by atoms with Crippen LogP contribution in [0, 0.1) is 0 Å². The predicted octanol–water partition coefficient (Wildman–Crippen LogP) is 3.80. The number of hydrogen-bond acceptors (Lipinski definition) is 2. The van der Waals surface area contributed by atoms with E-state index in [0.29, 0.717) is 10.7 Å². The summed E-state index contributed by atoms with van der Waals surface area (Å²) >= 11 is 5.77. The zero-order valence-corrected chi connectivity index (χ0v) is 9.22. The van der Waals surface area contributed by atoms with Crippen molar-refractivity contribution in [2.45, 2.75) is 0 Å². The highest BCUT2D eigenvalue weighted by Gasteiger charge is 1.95. The Morgan fingerprint density at radius 1 is 1.00 bits per heavy atom. The number of aliphatic imine (C=N–C) groups is 1. The van der Waals surface area contributed by atoms with Gasteiger partial charge in [-0.25, -0.2) is 0 Å². The van der Waals surface area contributed by atoms with Crippen LogP contribution in [-0.4, -0.2) is 11.3 Å². The maximum absolute atomic E-state index is 9.50. The Balaban J connectivity index is 2.21. The molecule has 3 heteroatoms. The molecule has 0 radical (unpaired) electrons. The number of rotatable bonds is 2. The molecule has 1 N–H and O–H groups in total. The highest BCUT2D eigenvalue weighted by molar-refractivity contribution is 6.30. The van der Waals surface area contributed by atoms with Gasteiger partial charge >= 0.3 is 0 Å². The van der Waals surface area contributed by atoms with Gasteiger partial charge in [0.05, 0.1) is 0 Å². The summed E-state index contributed by atoms with van der Waals surface area (Å²) in [4.78, 5) is 4.19. The number of phenols is 1. The lowest BCUT2D eigenvalue weighted by atomic mass is 10.2. The largest absolute Gasteiger partial charge is 0.506 e. The molecule has 0 fully saturated rings. The molecule has 2 aromatic rings. The van der Waals surface area contributed by atoms with E-state index in [1.807, 2.05) is 18.2 Å². The van der Waals surface area contributed by atoms with Gasteiger partial charge in [-0.3, -0.25) is 4.99 Å². The van der Waals surface area contributed by atoms with E-state index in [9.17, 15) is 5.11 Å². The van der Waals surface area contributed by atoms with Gasteiger partial charge < -0.3 is 5.11 Å². The second-order valence-corrected chi connectivity index (χ2v) is 3.73. The Hall–Kier alpha value is -1.80. The molecule has 2 aromatic carbocycles. The number of phenolic OH excluding ortho intramolecular Hbond substituents is 1. The van der Waals surface area contributed by atoms with Crippen molar-refractivity contribution < 1.29 is 5.11 Å². The molecule has 0 aromatic heterocycles. The number of benzene rings is 2. The van der Waals surface area contributed by atoms with E-state index in [1.165, 1.54) is 0 Å². The van der Waals surface area contributed by atoms with Gasteiger partial charge in [0.25, 0.3) is 0 Å². The van der Waals surface area contributed by atoms with Gasteiger partial charge in [-0.15, -0.1) is 0 Å². The highest BCUT2D eigenvalue weighted by atomic mass is 35.5. The first-order valence-corrected chi connectivity index (χ1v) is 5.21. The van der Waals surface area contributed by atoms with Gasteiger partial charge in [-0.05, 0) is 29.8 Å². The topological polar surface area (TPSA) is 32.6 Å². The molecule has 0 saturated carbocycles. The second kappa shape index (κ2) is 4.81. The highest BCUT2D eigenvalue weighted by Crippen LogP contribution is 2.24. The van der Waals surface area contributed by atoms with Crippen molar-refractivity contribution >= 4 is 23.5 Å². The van der Waals surface area contributed by atoms with Crippen molar-refractivity contribution in [1.82, 2.24) is 0 Å². The molecular weight excluding hydrogens is 222 g/mol. The predicted molar refractivity (Wildman–Crippen MR) is 66.8 cm³/mol. The normalized spacial score (nSPS) is 10.8. The summed E-state index contributed by atoms with van der Waals surface area (Å²) in [6, 6.07) is 14.3. The third kappa shape index (κ3) is 2.61. The van der Waals surface area contributed by atoms with Gasteiger partial charge in [0.15, 0.2) is 0 Å². The molecule has 2 rings (SSSR count). The Morgan fingerprint density at radius 3 is 2.38 bits per heavy atom. The fraction of sp³-hybridized carbons (Fsp3) is 0. The van der Waals surface area contributed by atoms with E-state index in [0.717, 1.165) is 5.56 Å². The standard InChI is InChI=1S/C13H10ClNO/c14-11-7-5-10(6-8-11)9-15-12-3-1-2-4-13(12)16/h1-9,16H/b15-9+. The number of halogens is 1. The number of nitrogens with zero attached hydrogens (tertiary/aromatic N) is 1. The minimum Gasteiger partial charge on any atom is -0.506 e. The van der Waals surface area contributed by atoms with Gasteiger partial charge in [0, 0.05) is 11.2 Å². The second-order valence-electron chi connectivity index (χ2n) is 3.30. The van der Waals surface area contributed by atoms with Crippen molar-refractivity contribution in [3.8, 4) is 5.75 Å². The number of hydrogen-bond donors (Lipinski definition) is 1. The van der Waals surface area contributed by atoms with Crippen LogP contribution in [0.3, 0.4) is 0 Å². The molecule has 0 spiro atoms. The molecule has 0 unspecified atom stereocenters. The van der Waals surface area contributed by atoms with Gasteiger partial charge in [0.1, 0.15) is 11.4 Å². The van der Waals surface area contributed by atoms with E-state index >= 15 is 0 Å². The van der Waals surface area contributed by atoms with E-state index in [1.54, 1.807) is 36.5 Å². The summed E-state index contributed by atoms with van der Waals surface area (Å²) in [6.45, 7) is 0. The molecule has 0 atom stereocenters. The molecule has 16 heavy (non-hydrogen) atoms. The minimum atomic E-state index is 0.174. The molecule has 0 aliphatic carbocycles. The quantitative estimate of drug-likeness (QED) is 0.784. The smallest absolute Gasteiger partial charge is 0.141 e. The molecule has 2 nitrogen and oxygen atoms in total. The fourth-order valence-electron chi connectivity index (χ4n) is 1.27. The van der Waals surface area contributed by atoms with Crippen LogP contribution in [0.4, 0.5) is 5.69 Å². The van der Waals surface area contributed by atoms with Crippen LogP contribution >= 0.6 is 11.6 Å². The molecule has 0 bridgehead atoms. The Labute approximate surface area is 98.8 Å². The molecule has 80 valence electrons. The third-order valence-corrected chi connectivity index (χ3v) is 2.36. The van der Waals surface area contributed by atoms with Gasteiger partial charge in [-0.2, -0.15) is 0 Å². The minimum absolute atomic E-state index is 0.174. The lowest BCUT2D eigenvalue weighted by Crippen LogP contribution is -1.79. The summed E-state index contributed by atoms with van der Waals surface area (Å²) in [5.41, 5.74) is 1.49. The summed E-state index contributed by atoms with van der Waals surface area (Å²) in [5.74, 6) is 0.174. The molecule has 0 aliphatic heterocycles. The van der Waals surface area contributed by atoms with Crippen molar-refractivity contribution in [3.63, 3.8) is 0 Å². The molecule has 0 heterocycles. The van der Waals surface area contributed by atoms with Crippen LogP contribution in [0.1, 0.15) is 5.56 Å². The van der Waals surface area contributed by atoms with Crippen molar-refractivity contribution in [1.29, 1.82) is 0 Å². The Morgan fingerprint density at radius 2 is 1.69 bits per heavy atom. The van der Waals surface area contributed by atoms with Crippen LogP contribution in [-0.2, 0) is 0 Å². The average Bonchev–Trinajstić information content (AvgIpc) is 2.30. The van der Waals surface area contributed by atoms with E-state index in [2.05, 4.69) is 4.99 Å². The van der Waals surface area contributed by atoms with Crippen LogP contribution in [0.2, 0.25) is 5.02 Å². The van der Waals surface area contributed by atoms with Crippen LogP contribution in [0.5, 0.6) is 5.75 Å². The monoisotopic (exact) mass is 231 g/mol. The van der Waals surface area contributed by atoms with Crippen molar-refractivity contribution in [3.05, 3.63) is 59.1 Å². The number of para-hydroxylation sites is 2. The van der Waals surface area contributed by atoms with Crippen molar-refractivity contribution in [2.75, 3.05) is 0 Å². The van der Waals surface area contributed by atoms with Crippen molar-refractivity contribution in [2.24, 2.45) is 4.99 Å². The first-order valence-electron chi connectivity index (χ1n) is 4.83. The summed E-state index contributed by atoms with van der Waals surface area (Å²) < 4.78 is 0. The summed E-state index contributed by atoms with van der Waals surface area (Å²) in [7, 11) is 0. The van der Waals surface area contributed by atoms with Crippen LogP contribution in [0.15, 0.2) is 53.5 Å². The first-order chi connectivity index (χ1) is 7.75. The maximum Gasteiger partial charge on any atom is 0.141 e. The third-order valence-electron chi connectivity index (χ3n) is 2.10. The molecule has 0 saturated heterocycles. The van der Waals surface area contributed by atoms with Gasteiger partial charge in [0.2, 0.25) is 0 Å². The SMILES string of the molecule is Oc1ccccc1/N=C/c1ccc(Cl)cc1.